The van der Waals surface area contributed by atoms with E-state index in [1.807, 2.05) is 6.92 Å². The number of hydrogen-bond acceptors (Lipinski definition) is 2. The smallest absolute Gasteiger partial charge is 0.408 e. The molecule has 0 amide bonds. The number of ether oxygens (including phenoxy) is 1. The molecule has 0 N–H and O–H groups in total. The summed E-state index contributed by atoms with van der Waals surface area (Å²) in [5.41, 5.74) is -3.51. The van der Waals surface area contributed by atoms with E-state index in [4.69, 9.17) is 4.74 Å². The monoisotopic (exact) mass is 294 g/mol. The zero-order valence-electron chi connectivity index (χ0n) is 13.1. The molecule has 0 heterocycles. The molecule has 118 valence electrons. The van der Waals surface area contributed by atoms with Crippen molar-refractivity contribution in [2.45, 2.75) is 60.6 Å². The van der Waals surface area contributed by atoms with Gasteiger partial charge in [-0.25, -0.2) is 0 Å². The number of alkyl halides is 3. The van der Waals surface area contributed by atoms with E-state index in [0.717, 1.165) is 12.5 Å². The average molecular weight is 294 g/mol. The van der Waals surface area contributed by atoms with Crippen molar-refractivity contribution in [2.75, 3.05) is 6.61 Å². The fourth-order valence-electron chi connectivity index (χ4n) is 2.06. The summed E-state index contributed by atoms with van der Waals surface area (Å²) >= 11 is 0. The van der Waals surface area contributed by atoms with Gasteiger partial charge in [0.1, 0.15) is 0 Å². The van der Waals surface area contributed by atoms with E-state index in [1.165, 1.54) is 20.8 Å². The molecule has 0 fully saturated rings. The van der Waals surface area contributed by atoms with E-state index in [0.29, 0.717) is 12.0 Å². The lowest BCUT2D eigenvalue weighted by atomic mass is 9.65. The molecular formula is C15H25F3O2. The van der Waals surface area contributed by atoms with Gasteiger partial charge in [0.05, 0.1) is 6.61 Å². The molecule has 0 radical (unpaired) electrons. The van der Waals surface area contributed by atoms with E-state index >= 15 is 0 Å². The summed E-state index contributed by atoms with van der Waals surface area (Å²) in [5.74, 6) is -1.22. The third-order valence-corrected chi connectivity index (χ3v) is 3.19. The lowest BCUT2D eigenvalue weighted by Crippen LogP contribution is -2.53. The maximum Gasteiger partial charge on any atom is 0.408 e. The summed E-state index contributed by atoms with van der Waals surface area (Å²) in [6.45, 7) is 9.20. The maximum absolute atomic E-state index is 13.6. The van der Waals surface area contributed by atoms with E-state index < -0.39 is 23.0 Å². The van der Waals surface area contributed by atoms with Crippen molar-refractivity contribution in [1.82, 2.24) is 0 Å². The van der Waals surface area contributed by atoms with Crippen LogP contribution in [0.2, 0.25) is 0 Å². The molecule has 0 aromatic heterocycles. The minimum Gasteiger partial charge on any atom is -0.465 e. The fraction of sp³-hybridized carbons (Fsp3) is 0.800. The Bertz CT molecular complexity index is 344. The second-order valence-corrected chi connectivity index (χ2v) is 6.27. The number of allylic oxidation sites excluding steroid dienone is 1. The summed E-state index contributed by atoms with van der Waals surface area (Å²) in [7, 11) is 0. The quantitative estimate of drug-likeness (QED) is 0.410. The van der Waals surface area contributed by atoms with Gasteiger partial charge >= 0.3 is 12.1 Å². The molecular weight excluding hydrogens is 269 g/mol. The Balaban J connectivity index is 5.78. The highest BCUT2D eigenvalue weighted by Gasteiger charge is 2.66. The number of carbonyl (C=O) groups is 1. The van der Waals surface area contributed by atoms with E-state index in [-0.39, 0.29) is 6.61 Å². The molecule has 0 aliphatic carbocycles. The highest BCUT2D eigenvalue weighted by molar-refractivity contribution is 5.81. The summed E-state index contributed by atoms with van der Waals surface area (Å²) < 4.78 is 45.8. The van der Waals surface area contributed by atoms with Crippen molar-refractivity contribution in [3.63, 3.8) is 0 Å². The number of esters is 1. The third kappa shape index (κ3) is 4.00. The standard InChI is InChI=1S/C15H25F3O2/c1-7-8-9-20-12(19)14(10-11(2)3,13(4,5)6)15(16,17)18/h10H,7-9H2,1-6H3. The number of carbonyl (C=O) groups excluding carboxylic acids is 1. The molecule has 1 atom stereocenters. The van der Waals surface area contributed by atoms with Crippen LogP contribution in [0.3, 0.4) is 0 Å². The van der Waals surface area contributed by atoms with Crippen molar-refractivity contribution in [2.24, 2.45) is 10.8 Å². The van der Waals surface area contributed by atoms with Crippen LogP contribution in [0.5, 0.6) is 0 Å². The van der Waals surface area contributed by atoms with E-state index in [9.17, 15) is 18.0 Å². The highest BCUT2D eigenvalue weighted by Crippen LogP contribution is 2.53. The molecule has 0 saturated carbocycles. The third-order valence-electron chi connectivity index (χ3n) is 3.19. The molecule has 0 aliphatic heterocycles. The molecule has 5 heteroatoms. The first-order chi connectivity index (χ1) is 8.90. The minimum absolute atomic E-state index is 0.0137. The summed E-state index contributed by atoms with van der Waals surface area (Å²) in [6, 6.07) is 0. The van der Waals surface area contributed by atoms with Crippen molar-refractivity contribution < 1.29 is 22.7 Å². The van der Waals surface area contributed by atoms with Crippen LogP contribution in [-0.4, -0.2) is 18.8 Å². The maximum atomic E-state index is 13.6. The van der Waals surface area contributed by atoms with Crippen LogP contribution in [0.4, 0.5) is 13.2 Å². The van der Waals surface area contributed by atoms with Crippen molar-refractivity contribution in [3.05, 3.63) is 11.6 Å². The number of hydrogen-bond donors (Lipinski definition) is 0. The fourth-order valence-corrected chi connectivity index (χ4v) is 2.06. The Kier molecular flexibility index (Phi) is 6.30. The molecule has 0 aromatic carbocycles. The highest BCUT2D eigenvalue weighted by atomic mass is 19.4. The molecule has 20 heavy (non-hydrogen) atoms. The van der Waals surface area contributed by atoms with Crippen molar-refractivity contribution in [1.29, 1.82) is 0 Å². The molecule has 0 saturated heterocycles. The summed E-state index contributed by atoms with van der Waals surface area (Å²) in [4.78, 5) is 12.2. The topological polar surface area (TPSA) is 26.3 Å². The summed E-state index contributed by atoms with van der Waals surface area (Å²) in [6.07, 6.45) is -2.41. The van der Waals surface area contributed by atoms with Crippen LogP contribution in [-0.2, 0) is 9.53 Å². The predicted molar refractivity (Wildman–Crippen MR) is 73.2 cm³/mol. The second kappa shape index (κ2) is 6.64. The van der Waals surface area contributed by atoms with Crippen LogP contribution >= 0.6 is 0 Å². The van der Waals surface area contributed by atoms with Crippen LogP contribution in [0.15, 0.2) is 11.6 Å². The van der Waals surface area contributed by atoms with Crippen LogP contribution in [0.1, 0.15) is 54.4 Å². The molecule has 0 spiro atoms. The molecule has 0 aromatic rings. The Morgan fingerprint density at radius 2 is 1.65 bits per heavy atom. The Labute approximate surface area is 119 Å². The number of rotatable bonds is 5. The predicted octanol–water partition coefficient (Wildman–Crippen LogP) is 4.89. The zero-order valence-corrected chi connectivity index (χ0v) is 13.1. The van der Waals surface area contributed by atoms with Crippen molar-refractivity contribution >= 4 is 5.97 Å². The molecule has 1 unspecified atom stereocenters. The van der Waals surface area contributed by atoms with Crippen LogP contribution in [0, 0.1) is 10.8 Å². The average Bonchev–Trinajstić information content (AvgIpc) is 2.22. The lowest BCUT2D eigenvalue weighted by Gasteiger charge is -2.41. The van der Waals surface area contributed by atoms with Gasteiger partial charge in [-0.1, -0.05) is 45.8 Å². The molecule has 2 nitrogen and oxygen atoms in total. The molecule has 0 rings (SSSR count). The SMILES string of the molecule is CCCCOC(=O)C(C=C(C)C)(C(C)(C)C)C(F)(F)F. The number of halogens is 3. The Hall–Kier alpha value is -1.00. The minimum atomic E-state index is -4.70. The van der Waals surface area contributed by atoms with Gasteiger partial charge in [0.25, 0.3) is 0 Å². The van der Waals surface area contributed by atoms with Gasteiger partial charge in [0, 0.05) is 0 Å². The van der Waals surface area contributed by atoms with Gasteiger partial charge in [-0.2, -0.15) is 13.2 Å². The van der Waals surface area contributed by atoms with Gasteiger partial charge in [-0.15, -0.1) is 0 Å². The zero-order chi connectivity index (χ0) is 16.2. The Morgan fingerprint density at radius 3 is 1.95 bits per heavy atom. The first-order valence-electron chi connectivity index (χ1n) is 6.80. The second-order valence-electron chi connectivity index (χ2n) is 6.27. The van der Waals surface area contributed by atoms with E-state index in [1.54, 1.807) is 13.8 Å². The molecule has 0 bridgehead atoms. The normalized spacial score (nSPS) is 15.4. The van der Waals surface area contributed by atoms with Gasteiger partial charge in [-0.05, 0) is 25.7 Å². The Morgan fingerprint density at radius 1 is 1.15 bits per heavy atom. The van der Waals surface area contributed by atoms with Crippen LogP contribution < -0.4 is 0 Å². The van der Waals surface area contributed by atoms with Gasteiger partial charge in [0.2, 0.25) is 0 Å². The summed E-state index contributed by atoms with van der Waals surface area (Å²) in [5, 5.41) is 0. The lowest BCUT2D eigenvalue weighted by molar-refractivity contribution is -0.244. The van der Waals surface area contributed by atoms with Gasteiger partial charge in [-0.3, -0.25) is 4.79 Å². The van der Waals surface area contributed by atoms with Crippen molar-refractivity contribution in [3.8, 4) is 0 Å². The largest absolute Gasteiger partial charge is 0.465 e. The van der Waals surface area contributed by atoms with E-state index in [2.05, 4.69) is 0 Å². The first-order valence-corrected chi connectivity index (χ1v) is 6.80. The number of unbranched alkanes of at least 4 members (excludes halogenated alkanes) is 1. The van der Waals surface area contributed by atoms with Gasteiger partial charge < -0.3 is 4.74 Å². The van der Waals surface area contributed by atoms with Gasteiger partial charge in [0.15, 0.2) is 5.41 Å². The molecule has 0 aliphatic rings. The van der Waals surface area contributed by atoms with Crippen LogP contribution in [0.25, 0.3) is 0 Å². The first kappa shape index (κ1) is 19.0.